The number of rotatable bonds is 2. The van der Waals surface area contributed by atoms with E-state index in [0.717, 1.165) is 0 Å². The molecule has 0 radical (unpaired) electrons. The number of hydrogen-bond acceptors (Lipinski definition) is 4. The van der Waals surface area contributed by atoms with E-state index in [4.69, 9.17) is 0 Å². The van der Waals surface area contributed by atoms with Gasteiger partial charge in [0.2, 0.25) is 0 Å². The summed E-state index contributed by atoms with van der Waals surface area (Å²) in [7, 11) is 0. The lowest BCUT2D eigenvalue weighted by molar-refractivity contribution is -0.140. The molecule has 0 aromatic heterocycles. The Morgan fingerprint density at radius 3 is 2.57 bits per heavy atom. The van der Waals surface area contributed by atoms with Crippen LogP contribution in [0.15, 0.2) is 29.4 Å². The zero-order valence-corrected chi connectivity index (χ0v) is 8.02. The van der Waals surface area contributed by atoms with Crippen LogP contribution in [0.25, 0.3) is 0 Å². The number of para-hydroxylation sites is 1. The van der Waals surface area contributed by atoms with E-state index in [9.17, 15) is 9.90 Å². The molecule has 0 fully saturated rings. The third-order valence-corrected chi connectivity index (χ3v) is 1.60. The molecule has 14 heavy (non-hydrogen) atoms. The second-order valence-corrected chi connectivity index (χ2v) is 2.78. The smallest absolute Gasteiger partial charge is 0.331 e. The van der Waals surface area contributed by atoms with Crippen molar-refractivity contribution in [3.05, 3.63) is 29.8 Å². The van der Waals surface area contributed by atoms with Crippen LogP contribution in [0.1, 0.15) is 19.4 Å². The standard InChI is InChI=1S/C10H11NO3/c1-7(11-14-8(2)12)9-5-3-4-6-10(9)13/h3-6,13H,1-2H3/b11-7-. The zero-order chi connectivity index (χ0) is 10.6. The molecule has 4 heteroatoms. The number of nitrogens with zero attached hydrogens (tertiary/aromatic N) is 1. The minimum atomic E-state index is -0.486. The summed E-state index contributed by atoms with van der Waals surface area (Å²) in [5, 5.41) is 13.0. The first-order chi connectivity index (χ1) is 6.61. The molecule has 0 bridgehead atoms. The summed E-state index contributed by atoms with van der Waals surface area (Å²) >= 11 is 0. The highest BCUT2D eigenvalue weighted by atomic mass is 16.7. The Labute approximate surface area is 81.8 Å². The van der Waals surface area contributed by atoms with E-state index in [2.05, 4.69) is 9.99 Å². The van der Waals surface area contributed by atoms with E-state index >= 15 is 0 Å². The van der Waals surface area contributed by atoms with Crippen molar-refractivity contribution in [2.24, 2.45) is 5.16 Å². The molecule has 0 saturated carbocycles. The molecule has 0 heterocycles. The molecule has 4 nitrogen and oxygen atoms in total. The molecule has 0 aliphatic carbocycles. The average molecular weight is 193 g/mol. The summed E-state index contributed by atoms with van der Waals surface area (Å²) in [6.45, 7) is 2.92. The normalized spacial score (nSPS) is 11.1. The van der Waals surface area contributed by atoms with Gasteiger partial charge in [0.25, 0.3) is 0 Å². The quantitative estimate of drug-likeness (QED) is 0.441. The first-order valence-electron chi connectivity index (χ1n) is 4.12. The van der Waals surface area contributed by atoms with E-state index in [1.54, 1.807) is 31.2 Å². The molecule has 1 aromatic carbocycles. The Balaban J connectivity index is 2.89. The van der Waals surface area contributed by atoms with E-state index in [1.165, 1.54) is 6.92 Å². The molecular formula is C10H11NO3. The first kappa shape index (κ1) is 10.2. The first-order valence-corrected chi connectivity index (χ1v) is 4.12. The molecule has 1 rings (SSSR count). The number of carbonyl (C=O) groups is 1. The molecule has 1 aromatic rings. The van der Waals surface area contributed by atoms with Gasteiger partial charge in [-0.05, 0) is 19.1 Å². The van der Waals surface area contributed by atoms with Crippen LogP contribution in [0.4, 0.5) is 0 Å². The van der Waals surface area contributed by atoms with Crippen LogP contribution in [-0.2, 0) is 9.63 Å². The zero-order valence-electron chi connectivity index (χ0n) is 8.02. The third kappa shape index (κ3) is 2.58. The van der Waals surface area contributed by atoms with Gasteiger partial charge in [-0.15, -0.1) is 0 Å². The summed E-state index contributed by atoms with van der Waals surface area (Å²) in [4.78, 5) is 14.9. The third-order valence-electron chi connectivity index (χ3n) is 1.60. The predicted octanol–water partition coefficient (Wildman–Crippen LogP) is 1.68. The molecule has 0 atom stereocenters. The van der Waals surface area contributed by atoms with Gasteiger partial charge >= 0.3 is 5.97 Å². The van der Waals surface area contributed by atoms with Crippen LogP contribution in [0.2, 0.25) is 0 Å². The van der Waals surface area contributed by atoms with Gasteiger partial charge in [-0.1, -0.05) is 17.3 Å². The van der Waals surface area contributed by atoms with Gasteiger partial charge in [0.15, 0.2) is 0 Å². The molecule has 0 saturated heterocycles. The average Bonchev–Trinajstić information content (AvgIpc) is 2.15. The Kier molecular flexibility index (Phi) is 3.23. The van der Waals surface area contributed by atoms with Gasteiger partial charge in [0.05, 0.1) is 5.71 Å². The van der Waals surface area contributed by atoms with Crippen molar-refractivity contribution in [3.63, 3.8) is 0 Å². The Bertz CT molecular complexity index is 371. The van der Waals surface area contributed by atoms with Crippen LogP contribution in [0.5, 0.6) is 5.75 Å². The number of oxime groups is 1. The summed E-state index contributed by atoms with van der Waals surface area (Å²) < 4.78 is 0. The summed E-state index contributed by atoms with van der Waals surface area (Å²) in [6.07, 6.45) is 0. The lowest BCUT2D eigenvalue weighted by atomic mass is 10.1. The lowest BCUT2D eigenvalue weighted by Crippen LogP contribution is -1.99. The molecule has 1 N–H and O–H groups in total. The maximum atomic E-state index is 10.5. The number of phenolic OH excluding ortho intramolecular Hbond substituents is 1. The lowest BCUT2D eigenvalue weighted by Gasteiger charge is -2.01. The number of carbonyl (C=O) groups excluding carboxylic acids is 1. The van der Waals surface area contributed by atoms with Crippen LogP contribution in [0, 0.1) is 0 Å². The van der Waals surface area contributed by atoms with Gasteiger partial charge < -0.3 is 9.94 Å². The van der Waals surface area contributed by atoms with Crippen molar-refractivity contribution in [2.45, 2.75) is 13.8 Å². The van der Waals surface area contributed by atoms with E-state index in [-0.39, 0.29) is 5.75 Å². The van der Waals surface area contributed by atoms with E-state index < -0.39 is 5.97 Å². The fourth-order valence-electron chi connectivity index (χ4n) is 0.962. The highest BCUT2D eigenvalue weighted by molar-refractivity contribution is 6.00. The Morgan fingerprint density at radius 1 is 1.36 bits per heavy atom. The van der Waals surface area contributed by atoms with Crippen molar-refractivity contribution >= 4 is 11.7 Å². The Hall–Kier alpha value is -1.84. The predicted molar refractivity (Wildman–Crippen MR) is 52.1 cm³/mol. The molecule has 0 spiro atoms. The van der Waals surface area contributed by atoms with Gasteiger partial charge in [-0.2, -0.15) is 0 Å². The second-order valence-electron chi connectivity index (χ2n) is 2.78. The SMILES string of the molecule is CC(=O)O/N=C(/C)c1ccccc1O. The number of benzene rings is 1. The number of aromatic hydroxyl groups is 1. The van der Waals surface area contributed by atoms with E-state index in [0.29, 0.717) is 11.3 Å². The Morgan fingerprint density at radius 2 is 2.00 bits per heavy atom. The van der Waals surface area contributed by atoms with Crippen LogP contribution in [0.3, 0.4) is 0 Å². The maximum absolute atomic E-state index is 10.5. The van der Waals surface area contributed by atoms with Crippen LogP contribution >= 0.6 is 0 Å². The summed E-state index contributed by atoms with van der Waals surface area (Å²) in [5.41, 5.74) is 1.01. The van der Waals surface area contributed by atoms with Crippen molar-refractivity contribution in [1.82, 2.24) is 0 Å². The van der Waals surface area contributed by atoms with Crippen molar-refractivity contribution in [3.8, 4) is 5.75 Å². The van der Waals surface area contributed by atoms with Crippen LogP contribution < -0.4 is 0 Å². The molecule has 74 valence electrons. The molecular weight excluding hydrogens is 182 g/mol. The van der Waals surface area contributed by atoms with Crippen molar-refractivity contribution < 1.29 is 14.7 Å². The fraction of sp³-hybridized carbons (Fsp3) is 0.200. The van der Waals surface area contributed by atoms with E-state index in [1.807, 2.05) is 0 Å². The van der Waals surface area contributed by atoms with Gasteiger partial charge in [0, 0.05) is 12.5 Å². The summed E-state index contributed by atoms with van der Waals surface area (Å²) in [5.74, 6) is -0.374. The molecule has 0 amide bonds. The van der Waals surface area contributed by atoms with Gasteiger partial charge in [-0.3, -0.25) is 0 Å². The second kappa shape index (κ2) is 4.41. The highest BCUT2D eigenvalue weighted by Crippen LogP contribution is 2.16. The number of phenols is 1. The fourth-order valence-corrected chi connectivity index (χ4v) is 0.962. The highest BCUT2D eigenvalue weighted by Gasteiger charge is 2.03. The molecule has 0 aliphatic rings. The topological polar surface area (TPSA) is 58.9 Å². The maximum Gasteiger partial charge on any atom is 0.331 e. The minimum absolute atomic E-state index is 0.112. The van der Waals surface area contributed by atoms with Crippen molar-refractivity contribution in [2.75, 3.05) is 0 Å². The molecule has 0 aliphatic heterocycles. The van der Waals surface area contributed by atoms with Crippen molar-refractivity contribution in [1.29, 1.82) is 0 Å². The molecule has 0 unspecified atom stereocenters. The minimum Gasteiger partial charge on any atom is -0.507 e. The van der Waals surface area contributed by atoms with Gasteiger partial charge in [-0.25, -0.2) is 4.79 Å². The summed E-state index contributed by atoms with van der Waals surface area (Å²) in [6, 6.07) is 6.71. The number of hydrogen-bond donors (Lipinski definition) is 1. The van der Waals surface area contributed by atoms with Gasteiger partial charge in [0.1, 0.15) is 5.75 Å². The monoisotopic (exact) mass is 193 g/mol. The largest absolute Gasteiger partial charge is 0.507 e. The van der Waals surface area contributed by atoms with Crippen LogP contribution in [-0.4, -0.2) is 16.8 Å².